The maximum Gasteiger partial charge on any atom is 0.171 e. The number of Topliss-reactive ketones (excluding diaryl/α,β-unsaturated/α-hetero) is 1. The monoisotopic (exact) mass is 361 g/mol. The lowest BCUT2D eigenvalue weighted by atomic mass is 9.87. The van der Waals surface area contributed by atoms with Crippen LogP contribution in [0, 0.1) is 10.8 Å². The van der Waals surface area contributed by atoms with Crippen LogP contribution in [-0.2, 0) is 0 Å². The van der Waals surface area contributed by atoms with Crippen LogP contribution >= 0.6 is 0 Å². The van der Waals surface area contributed by atoms with Gasteiger partial charge in [-0.25, -0.2) is 9.97 Å². The minimum atomic E-state index is -0.479. The third-order valence-electron chi connectivity index (χ3n) is 4.88. The van der Waals surface area contributed by atoms with Crippen LogP contribution in [0.15, 0.2) is 36.7 Å². The first-order valence-electron chi connectivity index (χ1n) is 9.13. The Labute approximate surface area is 158 Å². The smallest absolute Gasteiger partial charge is 0.171 e. The van der Waals surface area contributed by atoms with Crippen molar-refractivity contribution in [2.45, 2.75) is 27.2 Å². The van der Waals surface area contributed by atoms with E-state index in [1.54, 1.807) is 12.4 Å². The fourth-order valence-electron chi connectivity index (χ4n) is 3.35. The number of fused-ring (bicyclic) bond motifs is 1. The van der Waals surface area contributed by atoms with Gasteiger partial charge in [0, 0.05) is 41.5 Å². The minimum Gasteiger partial charge on any atom is -0.366 e. The van der Waals surface area contributed by atoms with Crippen LogP contribution in [-0.4, -0.2) is 39.5 Å². The summed E-state index contributed by atoms with van der Waals surface area (Å²) >= 11 is 0. The van der Waals surface area contributed by atoms with E-state index < -0.39 is 5.41 Å². The summed E-state index contributed by atoms with van der Waals surface area (Å²) < 4.78 is 0. The van der Waals surface area contributed by atoms with Crippen LogP contribution in [0.1, 0.15) is 37.6 Å². The minimum absolute atomic E-state index is 0.0459. The molecule has 1 aliphatic rings. The van der Waals surface area contributed by atoms with Gasteiger partial charge < -0.3 is 15.3 Å². The highest BCUT2D eigenvalue weighted by Crippen LogP contribution is 2.29. The van der Waals surface area contributed by atoms with E-state index in [1.807, 2.05) is 32.9 Å². The number of ketones is 1. The van der Waals surface area contributed by atoms with Gasteiger partial charge in [-0.15, -0.1) is 0 Å². The van der Waals surface area contributed by atoms with Gasteiger partial charge in [-0.1, -0.05) is 32.9 Å². The summed E-state index contributed by atoms with van der Waals surface area (Å²) in [6.45, 7) is 7.26. The number of carbonyl (C=O) groups excluding carboxylic acids is 1. The second-order valence-electron chi connectivity index (χ2n) is 8.06. The van der Waals surface area contributed by atoms with Crippen molar-refractivity contribution < 1.29 is 4.79 Å². The molecular formula is C21H23N5O. The number of benzene rings is 1. The number of nitrogens with one attached hydrogen (secondary N) is 2. The highest BCUT2D eigenvalue weighted by atomic mass is 16.1. The van der Waals surface area contributed by atoms with E-state index in [0.717, 1.165) is 35.6 Å². The van der Waals surface area contributed by atoms with Crippen molar-refractivity contribution in [2.75, 3.05) is 18.0 Å². The average Bonchev–Trinajstić information content (AvgIpc) is 3.26. The van der Waals surface area contributed by atoms with Crippen molar-refractivity contribution in [1.82, 2.24) is 15.0 Å². The van der Waals surface area contributed by atoms with Gasteiger partial charge in [-0.05, 0) is 12.1 Å². The molecule has 1 aliphatic heterocycles. The molecule has 4 rings (SSSR count). The van der Waals surface area contributed by atoms with E-state index in [4.69, 9.17) is 10.4 Å². The molecule has 1 aromatic carbocycles. The first-order chi connectivity index (χ1) is 12.8. The van der Waals surface area contributed by atoms with Gasteiger partial charge in [0.15, 0.2) is 11.4 Å². The summed E-state index contributed by atoms with van der Waals surface area (Å²) in [5, 5.41) is 7.83. The number of carbonyl (C=O) groups is 1. The molecule has 0 spiro atoms. The molecular weight excluding hydrogens is 338 g/mol. The second-order valence-corrected chi connectivity index (χ2v) is 8.06. The molecule has 0 bridgehead atoms. The topological polar surface area (TPSA) is 85.7 Å². The number of anilines is 1. The fraction of sp³-hybridized carbons (Fsp3) is 0.333. The number of aromatic nitrogens is 3. The molecule has 138 valence electrons. The van der Waals surface area contributed by atoms with E-state index in [1.165, 1.54) is 0 Å². The predicted molar refractivity (Wildman–Crippen MR) is 108 cm³/mol. The molecule has 1 fully saturated rings. The van der Waals surface area contributed by atoms with Crippen molar-refractivity contribution >= 4 is 28.3 Å². The Hall–Kier alpha value is -3.02. The Morgan fingerprint density at radius 2 is 2.11 bits per heavy atom. The molecule has 0 amide bonds. The maximum absolute atomic E-state index is 12.7. The van der Waals surface area contributed by atoms with Gasteiger partial charge in [0.2, 0.25) is 0 Å². The van der Waals surface area contributed by atoms with Crippen LogP contribution in [0.2, 0.25) is 0 Å². The quantitative estimate of drug-likeness (QED) is 0.688. The van der Waals surface area contributed by atoms with Crippen LogP contribution in [0.3, 0.4) is 0 Å². The summed E-state index contributed by atoms with van der Waals surface area (Å²) in [4.78, 5) is 27.2. The molecule has 2 N–H and O–H groups in total. The number of rotatable bonds is 3. The number of H-pyrrole nitrogens is 1. The third kappa shape index (κ3) is 3.23. The standard InChI is InChI=1S/C21H23N5O/c1-21(2,3)19(27)16-10-23-20-18(16)25-17(11-24-20)13-5-4-6-15(9-13)26-8-7-14(22)12-26/h4-6,9-11,22H,7-8,12H2,1-3H3,(H,23,24). The lowest BCUT2D eigenvalue weighted by Crippen LogP contribution is -2.20. The Bertz CT molecular complexity index is 1040. The molecule has 0 aliphatic carbocycles. The van der Waals surface area contributed by atoms with Gasteiger partial charge in [0.25, 0.3) is 0 Å². The summed E-state index contributed by atoms with van der Waals surface area (Å²) in [7, 11) is 0. The molecule has 0 radical (unpaired) electrons. The van der Waals surface area contributed by atoms with E-state index in [-0.39, 0.29) is 5.78 Å². The highest BCUT2D eigenvalue weighted by Gasteiger charge is 2.26. The number of nitrogens with zero attached hydrogens (tertiary/aromatic N) is 3. The number of hydrogen-bond donors (Lipinski definition) is 2. The van der Waals surface area contributed by atoms with Gasteiger partial charge in [-0.2, -0.15) is 0 Å². The van der Waals surface area contributed by atoms with Gasteiger partial charge in [0.1, 0.15) is 5.52 Å². The molecule has 6 nitrogen and oxygen atoms in total. The lowest BCUT2D eigenvalue weighted by Gasteiger charge is -2.18. The zero-order valence-electron chi connectivity index (χ0n) is 15.8. The second kappa shape index (κ2) is 6.30. The molecule has 6 heteroatoms. The molecule has 27 heavy (non-hydrogen) atoms. The van der Waals surface area contributed by atoms with Gasteiger partial charge >= 0.3 is 0 Å². The Morgan fingerprint density at radius 3 is 2.81 bits per heavy atom. The molecule has 3 aromatic rings. The molecule has 2 aromatic heterocycles. The molecule has 0 atom stereocenters. The summed E-state index contributed by atoms with van der Waals surface area (Å²) in [6, 6.07) is 8.13. The summed E-state index contributed by atoms with van der Waals surface area (Å²) in [5.41, 5.74) is 4.87. The summed E-state index contributed by atoms with van der Waals surface area (Å²) in [6.07, 6.45) is 4.25. The van der Waals surface area contributed by atoms with E-state index in [2.05, 4.69) is 27.0 Å². The fourth-order valence-corrected chi connectivity index (χ4v) is 3.35. The van der Waals surface area contributed by atoms with E-state index in [9.17, 15) is 4.79 Å². The zero-order chi connectivity index (χ0) is 19.2. The van der Waals surface area contributed by atoms with Crippen LogP contribution in [0.25, 0.3) is 22.4 Å². The first kappa shape index (κ1) is 17.4. The normalized spacial score (nSPS) is 14.9. The third-order valence-corrected chi connectivity index (χ3v) is 4.88. The van der Waals surface area contributed by atoms with E-state index in [0.29, 0.717) is 23.3 Å². The first-order valence-corrected chi connectivity index (χ1v) is 9.13. The predicted octanol–water partition coefficient (Wildman–Crippen LogP) is 4.08. The van der Waals surface area contributed by atoms with Crippen LogP contribution in [0.5, 0.6) is 0 Å². The number of aromatic amines is 1. The number of hydrogen-bond acceptors (Lipinski definition) is 5. The molecule has 0 unspecified atom stereocenters. The van der Waals surface area contributed by atoms with Crippen molar-refractivity contribution in [3.63, 3.8) is 0 Å². The average molecular weight is 361 g/mol. The Morgan fingerprint density at radius 1 is 1.30 bits per heavy atom. The largest absolute Gasteiger partial charge is 0.366 e. The summed E-state index contributed by atoms with van der Waals surface area (Å²) in [5.74, 6) is 0.0459. The van der Waals surface area contributed by atoms with Crippen molar-refractivity contribution in [3.8, 4) is 11.3 Å². The van der Waals surface area contributed by atoms with Gasteiger partial charge in [-0.3, -0.25) is 4.79 Å². The van der Waals surface area contributed by atoms with E-state index >= 15 is 0 Å². The lowest BCUT2D eigenvalue weighted by molar-refractivity contribution is 0.0860. The van der Waals surface area contributed by atoms with Crippen molar-refractivity contribution in [2.24, 2.45) is 5.41 Å². The maximum atomic E-state index is 12.7. The zero-order valence-corrected chi connectivity index (χ0v) is 15.8. The SMILES string of the molecule is CC(C)(C)C(=O)c1c[nH]c2ncc(-c3cccc(N4CCC(=N)C4)c3)nc12. The van der Waals surface area contributed by atoms with Crippen LogP contribution in [0.4, 0.5) is 5.69 Å². The Kier molecular flexibility index (Phi) is 4.06. The molecule has 3 heterocycles. The van der Waals surface area contributed by atoms with Crippen LogP contribution < -0.4 is 4.90 Å². The molecule has 0 saturated carbocycles. The van der Waals surface area contributed by atoms with Crippen molar-refractivity contribution in [1.29, 1.82) is 5.41 Å². The highest BCUT2D eigenvalue weighted by molar-refractivity contribution is 6.08. The van der Waals surface area contributed by atoms with Crippen molar-refractivity contribution in [3.05, 3.63) is 42.2 Å². The van der Waals surface area contributed by atoms with Gasteiger partial charge in [0.05, 0.1) is 24.0 Å². The molecule has 1 saturated heterocycles. The Balaban J connectivity index is 1.74.